The van der Waals surface area contributed by atoms with Gasteiger partial charge in [-0.2, -0.15) is 0 Å². The fraction of sp³-hybridized carbons (Fsp3) is 0.455. The van der Waals surface area contributed by atoms with E-state index in [-0.39, 0.29) is 18.5 Å². The van der Waals surface area contributed by atoms with Gasteiger partial charge in [0.05, 0.1) is 0 Å². The van der Waals surface area contributed by atoms with Gasteiger partial charge in [-0.15, -0.1) is 11.3 Å². The van der Waals surface area contributed by atoms with E-state index in [1.807, 2.05) is 17.5 Å². The van der Waals surface area contributed by atoms with Crippen LogP contribution >= 0.6 is 11.3 Å². The Morgan fingerprint density at radius 2 is 2.31 bits per heavy atom. The van der Waals surface area contributed by atoms with E-state index in [9.17, 15) is 9.59 Å². The lowest BCUT2D eigenvalue weighted by Crippen LogP contribution is -2.25. The van der Waals surface area contributed by atoms with Crippen LogP contribution in [0.1, 0.15) is 17.7 Å². The zero-order chi connectivity index (χ0) is 11.8. The van der Waals surface area contributed by atoms with E-state index in [0.29, 0.717) is 6.42 Å². The van der Waals surface area contributed by atoms with Gasteiger partial charge >= 0.3 is 5.97 Å². The number of amides is 1. The Morgan fingerprint density at radius 1 is 1.50 bits per heavy atom. The first kappa shape index (κ1) is 12.7. The van der Waals surface area contributed by atoms with Gasteiger partial charge in [-0.1, -0.05) is 6.07 Å². The molecule has 0 aliphatic heterocycles. The molecular formula is C11H15NO3S. The van der Waals surface area contributed by atoms with Crippen molar-refractivity contribution in [3.05, 3.63) is 22.4 Å². The van der Waals surface area contributed by atoms with Crippen LogP contribution in [0.2, 0.25) is 0 Å². The van der Waals surface area contributed by atoms with Crippen LogP contribution in [0, 0.1) is 0 Å². The highest BCUT2D eigenvalue weighted by Gasteiger charge is 2.06. The number of ether oxygens (including phenoxy) is 1. The summed E-state index contributed by atoms with van der Waals surface area (Å²) in [4.78, 5) is 23.2. The van der Waals surface area contributed by atoms with Crippen molar-refractivity contribution in [2.45, 2.75) is 19.3 Å². The van der Waals surface area contributed by atoms with E-state index in [4.69, 9.17) is 4.74 Å². The number of carbonyl (C=O) groups is 2. The van der Waals surface area contributed by atoms with Crippen molar-refractivity contribution >= 4 is 23.2 Å². The Balaban J connectivity index is 2.09. The quantitative estimate of drug-likeness (QED) is 0.765. The Hall–Kier alpha value is -1.36. The van der Waals surface area contributed by atoms with E-state index in [2.05, 4.69) is 5.32 Å². The summed E-state index contributed by atoms with van der Waals surface area (Å²) < 4.78 is 4.77. The molecule has 0 aliphatic rings. The third-order valence-electron chi connectivity index (χ3n) is 2.03. The molecule has 1 amide bonds. The molecule has 1 rings (SSSR count). The molecule has 1 aromatic heterocycles. The van der Waals surface area contributed by atoms with Crippen molar-refractivity contribution in [2.75, 3.05) is 13.7 Å². The van der Waals surface area contributed by atoms with E-state index in [1.54, 1.807) is 11.3 Å². The lowest BCUT2D eigenvalue weighted by Gasteiger charge is -2.03. The highest BCUT2D eigenvalue weighted by Crippen LogP contribution is 2.11. The highest BCUT2D eigenvalue weighted by molar-refractivity contribution is 7.09. The molecule has 4 nitrogen and oxygen atoms in total. The summed E-state index contributed by atoms with van der Waals surface area (Å²) in [7, 11) is 1.51. The third kappa shape index (κ3) is 4.93. The Labute approximate surface area is 98.6 Å². The fourth-order valence-electron chi connectivity index (χ4n) is 1.15. The normalized spacial score (nSPS) is 9.81. The van der Waals surface area contributed by atoms with Gasteiger partial charge in [0, 0.05) is 18.3 Å². The summed E-state index contributed by atoms with van der Waals surface area (Å²) in [6.07, 6.45) is 1.99. The molecule has 1 N–H and O–H groups in total. The maximum absolute atomic E-state index is 11.2. The van der Waals surface area contributed by atoms with Gasteiger partial charge in [-0.3, -0.25) is 9.59 Å². The second kappa shape index (κ2) is 7.00. The minimum atomic E-state index is -0.319. The number of hydrogen-bond donors (Lipinski definition) is 1. The first-order chi connectivity index (χ1) is 7.72. The molecule has 0 fully saturated rings. The molecule has 0 saturated carbocycles. The molecule has 1 heterocycles. The Bertz CT molecular complexity index is 335. The van der Waals surface area contributed by atoms with Crippen LogP contribution in [0.4, 0.5) is 0 Å². The molecule has 0 radical (unpaired) electrons. The molecule has 5 heteroatoms. The van der Waals surface area contributed by atoms with Crippen molar-refractivity contribution in [1.82, 2.24) is 5.32 Å². The van der Waals surface area contributed by atoms with E-state index in [1.165, 1.54) is 11.9 Å². The Morgan fingerprint density at radius 3 is 2.94 bits per heavy atom. The topological polar surface area (TPSA) is 55.4 Å². The number of aryl methyl sites for hydroxylation is 1. The van der Waals surface area contributed by atoms with Crippen LogP contribution in [0.25, 0.3) is 0 Å². The first-order valence-electron chi connectivity index (χ1n) is 5.11. The Kier molecular flexibility index (Phi) is 5.56. The SMILES string of the molecule is CNC(=O)COC(=O)CCCc1cccs1. The molecule has 0 unspecified atom stereocenters. The van der Waals surface area contributed by atoms with Gasteiger partial charge < -0.3 is 10.1 Å². The number of thiophene rings is 1. The number of rotatable bonds is 6. The molecule has 88 valence electrons. The number of nitrogens with one attached hydrogen (secondary N) is 1. The molecule has 16 heavy (non-hydrogen) atoms. The average Bonchev–Trinajstić information content (AvgIpc) is 2.79. The summed E-state index contributed by atoms with van der Waals surface area (Å²) in [6.45, 7) is -0.186. The maximum atomic E-state index is 11.2. The zero-order valence-electron chi connectivity index (χ0n) is 9.19. The minimum absolute atomic E-state index is 0.186. The average molecular weight is 241 g/mol. The van der Waals surface area contributed by atoms with Gasteiger partial charge in [0.15, 0.2) is 6.61 Å². The van der Waals surface area contributed by atoms with E-state index in [0.717, 1.165) is 12.8 Å². The van der Waals surface area contributed by atoms with Crippen LogP contribution < -0.4 is 5.32 Å². The first-order valence-corrected chi connectivity index (χ1v) is 5.99. The molecule has 0 atom stereocenters. The lowest BCUT2D eigenvalue weighted by atomic mass is 10.2. The fourth-order valence-corrected chi connectivity index (χ4v) is 1.90. The predicted molar refractivity (Wildman–Crippen MR) is 62.3 cm³/mol. The third-order valence-corrected chi connectivity index (χ3v) is 2.96. The second-order valence-electron chi connectivity index (χ2n) is 3.27. The molecule has 0 spiro atoms. The molecule has 0 saturated heterocycles. The van der Waals surface area contributed by atoms with Crippen LogP contribution in [-0.4, -0.2) is 25.5 Å². The van der Waals surface area contributed by atoms with Gasteiger partial charge in [-0.05, 0) is 24.3 Å². The maximum Gasteiger partial charge on any atom is 0.306 e. The van der Waals surface area contributed by atoms with Crippen LogP contribution in [0.15, 0.2) is 17.5 Å². The van der Waals surface area contributed by atoms with Crippen LogP contribution in [0.3, 0.4) is 0 Å². The number of esters is 1. The van der Waals surface area contributed by atoms with Crippen molar-refractivity contribution < 1.29 is 14.3 Å². The van der Waals surface area contributed by atoms with Gasteiger partial charge in [-0.25, -0.2) is 0 Å². The van der Waals surface area contributed by atoms with Gasteiger partial charge in [0.1, 0.15) is 0 Å². The van der Waals surface area contributed by atoms with Gasteiger partial charge in [0.25, 0.3) is 5.91 Å². The smallest absolute Gasteiger partial charge is 0.306 e. The summed E-state index contributed by atoms with van der Waals surface area (Å²) in [5.74, 6) is -0.605. The lowest BCUT2D eigenvalue weighted by molar-refractivity contribution is -0.148. The summed E-state index contributed by atoms with van der Waals surface area (Å²) in [5, 5.41) is 4.40. The highest BCUT2D eigenvalue weighted by atomic mass is 32.1. The van der Waals surface area contributed by atoms with Crippen molar-refractivity contribution in [1.29, 1.82) is 0 Å². The summed E-state index contributed by atoms with van der Waals surface area (Å²) in [5.41, 5.74) is 0. The van der Waals surface area contributed by atoms with Crippen molar-refractivity contribution in [2.24, 2.45) is 0 Å². The van der Waals surface area contributed by atoms with E-state index >= 15 is 0 Å². The predicted octanol–water partition coefficient (Wildman–Crippen LogP) is 1.36. The number of carbonyl (C=O) groups excluding carboxylic acids is 2. The molecule has 1 aromatic rings. The summed E-state index contributed by atoms with van der Waals surface area (Å²) in [6, 6.07) is 4.03. The number of likely N-dealkylation sites (N-methyl/N-ethyl adjacent to an activating group) is 1. The van der Waals surface area contributed by atoms with Crippen LogP contribution in [-0.2, 0) is 20.7 Å². The van der Waals surface area contributed by atoms with E-state index < -0.39 is 0 Å². The van der Waals surface area contributed by atoms with Gasteiger partial charge in [0.2, 0.25) is 0 Å². The molecule has 0 bridgehead atoms. The monoisotopic (exact) mass is 241 g/mol. The second-order valence-corrected chi connectivity index (χ2v) is 4.30. The largest absolute Gasteiger partial charge is 0.456 e. The van der Waals surface area contributed by atoms with Crippen molar-refractivity contribution in [3.63, 3.8) is 0 Å². The summed E-state index contributed by atoms with van der Waals surface area (Å²) >= 11 is 1.68. The van der Waals surface area contributed by atoms with Crippen LogP contribution in [0.5, 0.6) is 0 Å². The molecular weight excluding hydrogens is 226 g/mol. The number of hydrogen-bond acceptors (Lipinski definition) is 4. The minimum Gasteiger partial charge on any atom is -0.456 e. The standard InChI is InChI=1S/C11H15NO3S/c1-12-10(13)8-15-11(14)6-2-4-9-5-3-7-16-9/h3,5,7H,2,4,6,8H2,1H3,(H,12,13). The molecule has 0 aromatic carbocycles. The molecule has 0 aliphatic carbocycles. The zero-order valence-corrected chi connectivity index (χ0v) is 10.0. The van der Waals surface area contributed by atoms with Crippen molar-refractivity contribution in [3.8, 4) is 0 Å².